The Morgan fingerprint density at radius 3 is 1.19 bits per heavy atom. The van der Waals surface area contributed by atoms with Gasteiger partial charge in [-0.1, -0.05) is 164 Å². The fourth-order valence-electron chi connectivity index (χ4n) is 6.13. The molecule has 6 heteroatoms. The molecule has 0 saturated carbocycles. The Morgan fingerprint density at radius 1 is 0.368 bits per heavy atom. The first-order chi connectivity index (χ1) is 28.0. The maximum atomic E-state index is 12.7. The van der Waals surface area contributed by atoms with E-state index in [1.54, 1.807) is 0 Å². The summed E-state index contributed by atoms with van der Waals surface area (Å²) in [7, 11) is 0. The molecule has 0 fully saturated rings. The first kappa shape index (κ1) is 53.9. The fourth-order valence-corrected chi connectivity index (χ4v) is 6.13. The number of unbranched alkanes of at least 4 members (excludes halogenated alkanes) is 18. The molecule has 0 aliphatic rings. The molecule has 326 valence electrons. The van der Waals surface area contributed by atoms with Crippen LogP contribution in [0.2, 0.25) is 0 Å². The summed E-state index contributed by atoms with van der Waals surface area (Å²) in [5, 5.41) is 0. The third-order valence-corrected chi connectivity index (χ3v) is 9.65. The smallest absolute Gasteiger partial charge is 0.306 e. The zero-order valence-electron chi connectivity index (χ0n) is 37.1. The number of rotatable bonds is 41. The predicted molar refractivity (Wildman–Crippen MR) is 242 cm³/mol. The predicted octanol–water partition coefficient (Wildman–Crippen LogP) is 15.1. The first-order valence-electron chi connectivity index (χ1n) is 23.4. The molecule has 0 rings (SSSR count). The van der Waals surface area contributed by atoms with Crippen molar-refractivity contribution >= 4 is 17.9 Å². The molecule has 0 aromatic heterocycles. The number of hydrogen-bond acceptors (Lipinski definition) is 6. The molecule has 0 heterocycles. The molecule has 0 radical (unpaired) electrons. The van der Waals surface area contributed by atoms with Crippen molar-refractivity contribution in [3.63, 3.8) is 0 Å². The molecule has 1 unspecified atom stereocenters. The Morgan fingerprint density at radius 2 is 0.719 bits per heavy atom. The van der Waals surface area contributed by atoms with Gasteiger partial charge in [-0.2, -0.15) is 0 Å². The van der Waals surface area contributed by atoms with E-state index < -0.39 is 6.10 Å². The summed E-state index contributed by atoms with van der Waals surface area (Å²) in [6, 6.07) is 0. The minimum atomic E-state index is -0.797. The minimum Gasteiger partial charge on any atom is -0.462 e. The molecule has 57 heavy (non-hydrogen) atoms. The van der Waals surface area contributed by atoms with Crippen LogP contribution in [-0.2, 0) is 28.6 Å². The van der Waals surface area contributed by atoms with E-state index in [2.05, 4.69) is 93.7 Å². The standard InChI is InChI=1S/C51H86O6/c1-4-7-10-13-16-19-22-24-26-28-29-32-35-38-41-44-50(53)56-47-48(46-55-49(52)43-40-37-34-31-21-18-15-12-9-6-3)57-51(54)45-42-39-36-33-30-27-25-23-20-17-14-11-8-5-2/h7,10,12,15-16,19,23-26,29,32,48H,4-6,8-9,11,13-14,17-18,20-22,27-28,30-31,33-47H2,1-3H3/b10-7-,15-12-,19-16-,25-23-,26-24-,32-29-. The molecule has 0 spiro atoms. The van der Waals surface area contributed by atoms with Crippen LogP contribution < -0.4 is 0 Å². The Labute approximate surface area is 351 Å². The third-order valence-electron chi connectivity index (χ3n) is 9.65. The SMILES string of the molecule is CC/C=C\C/C=C\C/C=C\C/C=C\CCCCC(=O)OCC(COC(=O)CCCCCCC/C=C\CCC)OC(=O)CCCCCCC/C=C\CCCCCCC. The van der Waals surface area contributed by atoms with Crippen molar-refractivity contribution < 1.29 is 28.6 Å². The quantitative estimate of drug-likeness (QED) is 0.0265. The highest BCUT2D eigenvalue weighted by atomic mass is 16.6. The Kier molecular flexibility index (Phi) is 43.0. The summed E-state index contributed by atoms with van der Waals surface area (Å²) < 4.78 is 16.7. The van der Waals surface area contributed by atoms with Crippen LogP contribution in [0.3, 0.4) is 0 Å². The molecule has 0 bridgehead atoms. The van der Waals surface area contributed by atoms with Gasteiger partial charge in [0.15, 0.2) is 6.10 Å². The fraction of sp³-hybridized carbons (Fsp3) is 0.706. The van der Waals surface area contributed by atoms with Crippen molar-refractivity contribution in [1.29, 1.82) is 0 Å². The second-order valence-corrected chi connectivity index (χ2v) is 15.3. The highest BCUT2D eigenvalue weighted by Crippen LogP contribution is 2.13. The second kappa shape index (κ2) is 45.6. The summed E-state index contributed by atoms with van der Waals surface area (Å²) in [6.07, 6.45) is 56.0. The summed E-state index contributed by atoms with van der Waals surface area (Å²) in [6.45, 7) is 6.38. The Balaban J connectivity index is 4.47. The van der Waals surface area contributed by atoms with Crippen molar-refractivity contribution in [2.75, 3.05) is 13.2 Å². The molecule has 0 aliphatic heterocycles. The Bertz CT molecular complexity index is 1100. The van der Waals surface area contributed by atoms with E-state index in [1.807, 2.05) is 0 Å². The second-order valence-electron chi connectivity index (χ2n) is 15.3. The highest BCUT2D eigenvalue weighted by Gasteiger charge is 2.19. The molecule has 1 atom stereocenters. The summed E-state index contributed by atoms with van der Waals surface area (Å²) in [5.74, 6) is -0.964. The molecule has 6 nitrogen and oxygen atoms in total. The maximum absolute atomic E-state index is 12.7. The van der Waals surface area contributed by atoms with E-state index in [9.17, 15) is 14.4 Å². The molecule has 0 aromatic rings. The summed E-state index contributed by atoms with van der Waals surface area (Å²) >= 11 is 0. The molecule has 0 saturated heterocycles. The zero-order chi connectivity index (χ0) is 41.5. The van der Waals surface area contributed by atoms with Gasteiger partial charge < -0.3 is 14.2 Å². The molecule has 0 aliphatic carbocycles. The van der Waals surface area contributed by atoms with Crippen LogP contribution in [0, 0.1) is 0 Å². The van der Waals surface area contributed by atoms with Gasteiger partial charge in [-0.05, 0) is 103 Å². The average Bonchev–Trinajstić information content (AvgIpc) is 3.21. The lowest BCUT2D eigenvalue weighted by Gasteiger charge is -2.18. The van der Waals surface area contributed by atoms with Crippen molar-refractivity contribution in [2.45, 2.75) is 219 Å². The largest absolute Gasteiger partial charge is 0.462 e. The van der Waals surface area contributed by atoms with Crippen LogP contribution in [0.1, 0.15) is 213 Å². The van der Waals surface area contributed by atoms with Gasteiger partial charge in [0, 0.05) is 19.3 Å². The summed E-state index contributed by atoms with van der Waals surface area (Å²) in [5.41, 5.74) is 0. The molecule has 0 aromatic carbocycles. The van der Waals surface area contributed by atoms with Gasteiger partial charge >= 0.3 is 17.9 Å². The number of allylic oxidation sites excluding steroid dienone is 12. The van der Waals surface area contributed by atoms with Gasteiger partial charge in [0.25, 0.3) is 0 Å². The number of ether oxygens (including phenoxy) is 3. The van der Waals surface area contributed by atoms with Crippen LogP contribution in [-0.4, -0.2) is 37.2 Å². The van der Waals surface area contributed by atoms with Crippen LogP contribution in [0.5, 0.6) is 0 Å². The van der Waals surface area contributed by atoms with Gasteiger partial charge in [-0.25, -0.2) is 0 Å². The first-order valence-corrected chi connectivity index (χ1v) is 23.4. The highest BCUT2D eigenvalue weighted by molar-refractivity contribution is 5.71. The molecule has 0 amide bonds. The third kappa shape index (κ3) is 43.8. The topological polar surface area (TPSA) is 78.9 Å². The van der Waals surface area contributed by atoms with Gasteiger partial charge in [-0.15, -0.1) is 0 Å². The maximum Gasteiger partial charge on any atom is 0.306 e. The lowest BCUT2D eigenvalue weighted by Crippen LogP contribution is -2.30. The van der Waals surface area contributed by atoms with Crippen LogP contribution >= 0.6 is 0 Å². The van der Waals surface area contributed by atoms with Gasteiger partial charge in [0.2, 0.25) is 0 Å². The zero-order valence-corrected chi connectivity index (χ0v) is 37.1. The summed E-state index contributed by atoms with van der Waals surface area (Å²) in [4.78, 5) is 37.8. The monoisotopic (exact) mass is 795 g/mol. The van der Waals surface area contributed by atoms with Crippen LogP contribution in [0.25, 0.3) is 0 Å². The van der Waals surface area contributed by atoms with E-state index in [0.717, 1.165) is 116 Å². The van der Waals surface area contributed by atoms with E-state index >= 15 is 0 Å². The van der Waals surface area contributed by atoms with Crippen LogP contribution in [0.15, 0.2) is 72.9 Å². The van der Waals surface area contributed by atoms with Gasteiger partial charge in [-0.3, -0.25) is 14.4 Å². The van der Waals surface area contributed by atoms with E-state index in [-0.39, 0.29) is 31.1 Å². The van der Waals surface area contributed by atoms with E-state index in [1.165, 1.54) is 57.8 Å². The molecular formula is C51H86O6. The van der Waals surface area contributed by atoms with Gasteiger partial charge in [0.05, 0.1) is 0 Å². The van der Waals surface area contributed by atoms with E-state index in [0.29, 0.717) is 19.3 Å². The van der Waals surface area contributed by atoms with Crippen LogP contribution in [0.4, 0.5) is 0 Å². The lowest BCUT2D eigenvalue weighted by atomic mass is 10.1. The average molecular weight is 795 g/mol. The number of carbonyl (C=O) groups is 3. The van der Waals surface area contributed by atoms with E-state index in [4.69, 9.17) is 14.2 Å². The minimum absolute atomic E-state index is 0.0972. The number of carbonyl (C=O) groups excluding carboxylic acids is 3. The number of esters is 3. The van der Waals surface area contributed by atoms with Gasteiger partial charge in [0.1, 0.15) is 13.2 Å². The molecule has 0 N–H and O–H groups in total. The Hall–Kier alpha value is -3.15. The number of hydrogen-bond donors (Lipinski definition) is 0. The molecular weight excluding hydrogens is 709 g/mol. The van der Waals surface area contributed by atoms with Crippen molar-refractivity contribution in [1.82, 2.24) is 0 Å². The van der Waals surface area contributed by atoms with Crippen molar-refractivity contribution in [3.05, 3.63) is 72.9 Å². The van der Waals surface area contributed by atoms with Crippen molar-refractivity contribution in [3.8, 4) is 0 Å². The van der Waals surface area contributed by atoms with Crippen molar-refractivity contribution in [2.24, 2.45) is 0 Å². The normalized spacial score (nSPS) is 12.7. The lowest BCUT2D eigenvalue weighted by molar-refractivity contribution is -0.167.